The number of nitrogens with two attached hydrogens (primary N) is 1. The van der Waals surface area contributed by atoms with E-state index in [9.17, 15) is 71.2 Å². The number of allylic oxidation sites excluding steroid dienone is 1. The third-order valence-corrected chi connectivity index (χ3v) is 15.3. The molecule has 0 aromatic carbocycles. The molecule has 448 valence electrons. The van der Waals surface area contributed by atoms with Crippen LogP contribution < -0.4 is 11.1 Å². The number of ether oxygens (including phenoxy) is 3. The summed E-state index contributed by atoms with van der Waals surface area (Å²) >= 11 is 0. The number of unbranched alkanes of at least 4 members (excludes halogenated alkanes) is 1. The van der Waals surface area contributed by atoms with Crippen LogP contribution in [0.15, 0.2) is 23.3 Å². The number of aliphatic hydroxyl groups is 13. The topological polar surface area (TPSA) is 370 Å². The first-order valence-electron chi connectivity index (χ1n) is 28.1. The number of cyclic esters (lactones) is 1. The molecule has 1 saturated heterocycles. The van der Waals surface area contributed by atoms with Crippen LogP contribution in [0.5, 0.6) is 0 Å². The molecule has 0 amide bonds. The fourth-order valence-corrected chi connectivity index (χ4v) is 10.4. The van der Waals surface area contributed by atoms with E-state index in [1.54, 1.807) is 6.92 Å². The van der Waals surface area contributed by atoms with Crippen LogP contribution in [0.25, 0.3) is 0 Å². The molecule has 0 aromatic rings. The number of carbonyl (C=O) groups excluding carboxylic acids is 1. The molecule has 0 saturated carbocycles. The minimum atomic E-state index is -1.59. The molecule has 0 aromatic heterocycles. The van der Waals surface area contributed by atoms with Crippen LogP contribution in [0.1, 0.15) is 176 Å². The number of nitrogens with one attached hydrogen (secondary N) is 2. The van der Waals surface area contributed by atoms with Gasteiger partial charge in [0.1, 0.15) is 30.5 Å². The maximum atomic E-state index is 14.2. The van der Waals surface area contributed by atoms with Gasteiger partial charge in [-0.3, -0.25) is 10.2 Å². The molecule has 2 aliphatic heterocycles. The Morgan fingerprint density at radius 3 is 1.93 bits per heavy atom. The number of carbonyl (C=O) groups is 1. The van der Waals surface area contributed by atoms with Crippen LogP contribution >= 0.6 is 17.0 Å². The van der Waals surface area contributed by atoms with E-state index in [4.69, 9.17) is 25.4 Å². The predicted octanol–water partition coefficient (Wildman–Crippen LogP) is 3.04. The van der Waals surface area contributed by atoms with Gasteiger partial charge < -0.3 is 91.6 Å². The molecule has 0 aliphatic carbocycles. The zero-order chi connectivity index (χ0) is 56.4. The molecule has 21 heteroatoms. The normalized spacial score (nSPS) is 38.2. The Morgan fingerprint density at radius 1 is 0.763 bits per heavy atom. The average Bonchev–Trinajstić information content (AvgIpc) is 3.61. The SMILES string of the molecule is Br.CCCCC1C(=O)OC(C(C)C(O)CCCNC(=N)N)C(C)/C=C(\C)CCCCC(O)CC(O)CC(O)CC(O)CC(O)C(O[C@H]2O[C@H](CO)[C@@H](O)[C@@H]2O)/C=C(\C)C(O)CCCC(O)CCCC(O)CCC(C)C1O. The molecule has 16 unspecified atom stereocenters. The monoisotopic (exact) mass is 1160 g/mol. The fourth-order valence-electron chi connectivity index (χ4n) is 10.4. The minimum absolute atomic E-state index is 0. The molecule has 2 rings (SSSR count). The largest absolute Gasteiger partial charge is 0.461 e. The summed E-state index contributed by atoms with van der Waals surface area (Å²) in [6.45, 7) is 10.9. The van der Waals surface area contributed by atoms with Crippen molar-refractivity contribution in [2.75, 3.05) is 13.2 Å². The number of esters is 1. The van der Waals surface area contributed by atoms with Crippen LogP contribution in [0.3, 0.4) is 0 Å². The van der Waals surface area contributed by atoms with E-state index in [2.05, 4.69) is 5.32 Å². The lowest BCUT2D eigenvalue weighted by Gasteiger charge is -2.34. The van der Waals surface area contributed by atoms with Crippen LogP contribution in [0.4, 0.5) is 0 Å². The van der Waals surface area contributed by atoms with Gasteiger partial charge in [0.25, 0.3) is 0 Å². The van der Waals surface area contributed by atoms with E-state index in [1.807, 2.05) is 40.7 Å². The van der Waals surface area contributed by atoms with Crippen LogP contribution in [-0.2, 0) is 19.0 Å². The van der Waals surface area contributed by atoms with Crippen molar-refractivity contribution in [1.29, 1.82) is 5.41 Å². The van der Waals surface area contributed by atoms with Crippen molar-refractivity contribution in [1.82, 2.24) is 5.32 Å². The number of guanidine groups is 1. The molecule has 1 fully saturated rings. The molecule has 2 aliphatic rings. The van der Waals surface area contributed by atoms with Gasteiger partial charge in [-0.1, -0.05) is 64.7 Å². The van der Waals surface area contributed by atoms with Crippen molar-refractivity contribution in [2.24, 2.45) is 29.4 Å². The first kappa shape index (κ1) is 72.1. The standard InChI is InChI=1S/C55H103N3O17.BrH/c1-7-8-19-43-49(69)33(3)22-23-38(61)17-11-16-37(60)18-12-20-44(66)34(4)26-47(73-54-51(71)50(70)48(31-59)74-54)46(68)30-42(65)29-41(64)28-40(63)27-39(62)15-10-9-14-32(2)25-35(5)52(75-53(43)72)36(6)45(67)21-13-24-58-55(56)57;/h25-26,33,35-52,54,59-71H,7-24,27-31H2,1-6H3,(H4,56,57,58);1H/b32-25+,34-26+;/t33?,35?,36?,37?,38?,39?,40?,41?,42?,43?,44?,45?,46?,47?,48-,49?,50-,51+,52?,54+;/m1./s1. The van der Waals surface area contributed by atoms with Gasteiger partial charge in [0.15, 0.2) is 12.2 Å². The summed E-state index contributed by atoms with van der Waals surface area (Å²) in [6.07, 6.45) is -7.44. The van der Waals surface area contributed by atoms with Crippen LogP contribution in [0.2, 0.25) is 0 Å². The maximum absolute atomic E-state index is 14.2. The highest BCUT2D eigenvalue weighted by molar-refractivity contribution is 8.93. The number of halogens is 1. The van der Waals surface area contributed by atoms with Gasteiger partial charge in [-0.05, 0) is 134 Å². The van der Waals surface area contributed by atoms with Crippen molar-refractivity contribution in [3.05, 3.63) is 23.3 Å². The van der Waals surface area contributed by atoms with Gasteiger partial charge in [-0.2, -0.15) is 0 Å². The Balaban J connectivity index is 0.0000289. The molecule has 0 spiro atoms. The van der Waals surface area contributed by atoms with E-state index < -0.39 is 122 Å². The van der Waals surface area contributed by atoms with E-state index in [0.717, 1.165) is 12.0 Å². The quantitative estimate of drug-likeness (QED) is 0.0439. The fraction of sp³-hybridized carbons (Fsp3) is 0.891. The Morgan fingerprint density at radius 2 is 1.34 bits per heavy atom. The molecule has 0 radical (unpaired) electrons. The van der Waals surface area contributed by atoms with Crippen LogP contribution in [0, 0.1) is 29.1 Å². The summed E-state index contributed by atoms with van der Waals surface area (Å²) in [4.78, 5) is 14.2. The van der Waals surface area contributed by atoms with Gasteiger partial charge in [-0.15, -0.1) is 17.0 Å². The molecule has 20 nitrogen and oxygen atoms in total. The third kappa shape index (κ3) is 27.5. The molecule has 76 heavy (non-hydrogen) atoms. The zero-order valence-electron chi connectivity index (χ0n) is 46.4. The first-order valence-corrected chi connectivity index (χ1v) is 28.1. The van der Waals surface area contributed by atoms with E-state index >= 15 is 0 Å². The van der Waals surface area contributed by atoms with Gasteiger partial charge in [0, 0.05) is 24.8 Å². The second kappa shape index (κ2) is 38.7. The summed E-state index contributed by atoms with van der Waals surface area (Å²) in [5.41, 5.74) is 6.80. The number of aliphatic hydroxyl groups excluding tert-OH is 13. The summed E-state index contributed by atoms with van der Waals surface area (Å²) in [5, 5.41) is 151. The molecular weight excluding hydrogens is 1050 g/mol. The van der Waals surface area contributed by atoms with E-state index in [-0.39, 0.29) is 66.9 Å². The van der Waals surface area contributed by atoms with Crippen molar-refractivity contribution in [3.8, 4) is 0 Å². The summed E-state index contributed by atoms with van der Waals surface area (Å²) < 4.78 is 17.7. The number of hydrogen-bond acceptors (Lipinski definition) is 18. The zero-order valence-corrected chi connectivity index (χ0v) is 48.1. The van der Waals surface area contributed by atoms with Crippen molar-refractivity contribution in [3.63, 3.8) is 0 Å². The summed E-state index contributed by atoms with van der Waals surface area (Å²) in [5.74, 6) is -2.78. The summed E-state index contributed by atoms with van der Waals surface area (Å²) in [6, 6.07) is 0. The molecule has 17 N–H and O–H groups in total. The van der Waals surface area contributed by atoms with E-state index in [1.165, 1.54) is 6.08 Å². The molecule has 0 bridgehead atoms. The lowest BCUT2D eigenvalue weighted by Crippen LogP contribution is -2.42. The van der Waals surface area contributed by atoms with Gasteiger partial charge in [0.05, 0.1) is 73.6 Å². The number of rotatable bonds is 12. The molecule has 20 atom stereocenters. The molecule has 2 heterocycles. The second-order valence-electron chi connectivity index (χ2n) is 22.3. The third-order valence-electron chi connectivity index (χ3n) is 15.3. The average molecular weight is 1160 g/mol. The van der Waals surface area contributed by atoms with Crippen LogP contribution in [-0.4, -0.2) is 189 Å². The highest BCUT2D eigenvalue weighted by Gasteiger charge is 2.45. The second-order valence-corrected chi connectivity index (χ2v) is 22.3. The Labute approximate surface area is 463 Å². The highest BCUT2D eigenvalue weighted by atomic mass is 79.9. The van der Waals surface area contributed by atoms with Crippen molar-refractivity contribution < 1.29 is 85.4 Å². The van der Waals surface area contributed by atoms with Gasteiger partial charge in [-0.25, -0.2) is 0 Å². The number of hydrogen-bond donors (Lipinski definition) is 16. The lowest BCUT2D eigenvalue weighted by atomic mass is 9.84. The van der Waals surface area contributed by atoms with Gasteiger partial charge >= 0.3 is 5.97 Å². The molecular formula is C55H104BrN3O17. The van der Waals surface area contributed by atoms with Crippen molar-refractivity contribution in [2.45, 2.75) is 274 Å². The Kier molecular flexibility index (Phi) is 36.7. The summed E-state index contributed by atoms with van der Waals surface area (Å²) in [7, 11) is 0. The smallest absolute Gasteiger partial charge is 0.311 e. The Bertz CT molecular complexity index is 1640. The van der Waals surface area contributed by atoms with Crippen molar-refractivity contribution >= 4 is 28.9 Å². The van der Waals surface area contributed by atoms with Gasteiger partial charge in [0.2, 0.25) is 0 Å². The Hall–Kier alpha value is -1.90. The minimum Gasteiger partial charge on any atom is -0.461 e. The predicted molar refractivity (Wildman–Crippen MR) is 294 cm³/mol. The van der Waals surface area contributed by atoms with E-state index in [0.29, 0.717) is 108 Å². The maximum Gasteiger partial charge on any atom is 0.311 e. The highest BCUT2D eigenvalue weighted by Crippen LogP contribution is 2.32. The lowest BCUT2D eigenvalue weighted by molar-refractivity contribution is -0.202. The first-order chi connectivity index (χ1) is 35.4.